The molecule has 1 saturated heterocycles. The van der Waals surface area contributed by atoms with Crippen molar-refractivity contribution in [1.29, 1.82) is 0 Å². The number of aromatic nitrogens is 1. The lowest BCUT2D eigenvalue weighted by molar-refractivity contribution is -0.141. The van der Waals surface area contributed by atoms with E-state index in [1.165, 1.54) is 0 Å². The SMILES string of the molecule is CC1(C)OC[C@H](COc2cccnc2)O1. The van der Waals surface area contributed by atoms with Gasteiger partial charge in [-0.1, -0.05) is 0 Å². The average Bonchev–Trinajstić information content (AvgIpc) is 2.57. The van der Waals surface area contributed by atoms with Crippen LogP contribution in [0.25, 0.3) is 0 Å². The van der Waals surface area contributed by atoms with Crippen molar-refractivity contribution in [3.63, 3.8) is 0 Å². The molecule has 15 heavy (non-hydrogen) atoms. The van der Waals surface area contributed by atoms with Crippen molar-refractivity contribution < 1.29 is 14.2 Å². The van der Waals surface area contributed by atoms with Crippen LogP contribution in [-0.2, 0) is 9.47 Å². The van der Waals surface area contributed by atoms with Crippen LogP contribution in [0.4, 0.5) is 0 Å². The second kappa shape index (κ2) is 4.16. The monoisotopic (exact) mass is 209 g/mol. The number of rotatable bonds is 3. The first-order valence-electron chi connectivity index (χ1n) is 5.00. The number of ether oxygens (including phenoxy) is 3. The van der Waals surface area contributed by atoms with E-state index in [1.54, 1.807) is 12.4 Å². The second-order valence-corrected chi connectivity index (χ2v) is 3.95. The van der Waals surface area contributed by atoms with Crippen LogP contribution < -0.4 is 4.74 Å². The minimum atomic E-state index is -0.483. The molecule has 0 bridgehead atoms. The third-order valence-corrected chi connectivity index (χ3v) is 2.14. The summed E-state index contributed by atoms with van der Waals surface area (Å²) in [6.07, 6.45) is 3.40. The van der Waals surface area contributed by atoms with Gasteiger partial charge in [-0.3, -0.25) is 4.98 Å². The summed E-state index contributed by atoms with van der Waals surface area (Å²) >= 11 is 0. The largest absolute Gasteiger partial charge is 0.489 e. The first-order chi connectivity index (χ1) is 7.16. The first kappa shape index (κ1) is 10.4. The molecule has 1 fully saturated rings. The number of hydrogen-bond donors (Lipinski definition) is 0. The first-order valence-corrected chi connectivity index (χ1v) is 5.00. The highest BCUT2D eigenvalue weighted by Crippen LogP contribution is 2.22. The van der Waals surface area contributed by atoms with Crippen molar-refractivity contribution >= 4 is 0 Å². The molecule has 0 N–H and O–H groups in total. The number of hydrogen-bond acceptors (Lipinski definition) is 4. The van der Waals surface area contributed by atoms with Gasteiger partial charge in [-0.05, 0) is 26.0 Å². The van der Waals surface area contributed by atoms with Gasteiger partial charge in [0.1, 0.15) is 18.5 Å². The summed E-state index contributed by atoms with van der Waals surface area (Å²) in [6, 6.07) is 3.71. The van der Waals surface area contributed by atoms with Crippen LogP contribution in [-0.4, -0.2) is 30.1 Å². The molecular formula is C11H15NO3. The molecule has 0 spiro atoms. The van der Waals surface area contributed by atoms with Crippen molar-refractivity contribution in [3.05, 3.63) is 24.5 Å². The molecule has 1 atom stereocenters. The summed E-state index contributed by atoms with van der Waals surface area (Å²) in [4.78, 5) is 3.96. The normalized spacial score (nSPS) is 24.0. The third kappa shape index (κ3) is 2.91. The fourth-order valence-electron chi connectivity index (χ4n) is 1.47. The van der Waals surface area contributed by atoms with Crippen LogP contribution in [0.1, 0.15) is 13.8 Å². The lowest BCUT2D eigenvalue weighted by Gasteiger charge is -2.17. The minimum Gasteiger partial charge on any atom is -0.489 e. The van der Waals surface area contributed by atoms with Gasteiger partial charge in [0.05, 0.1) is 12.8 Å². The predicted octanol–water partition coefficient (Wildman–Crippen LogP) is 1.61. The summed E-state index contributed by atoms with van der Waals surface area (Å²) in [6.45, 7) is 4.87. The zero-order valence-electron chi connectivity index (χ0n) is 8.97. The van der Waals surface area contributed by atoms with E-state index in [0.29, 0.717) is 13.2 Å². The summed E-state index contributed by atoms with van der Waals surface area (Å²) in [5, 5.41) is 0. The van der Waals surface area contributed by atoms with E-state index in [-0.39, 0.29) is 6.10 Å². The smallest absolute Gasteiger partial charge is 0.163 e. The van der Waals surface area contributed by atoms with Crippen molar-refractivity contribution in [2.75, 3.05) is 13.2 Å². The zero-order valence-corrected chi connectivity index (χ0v) is 8.97. The Labute approximate surface area is 89.2 Å². The van der Waals surface area contributed by atoms with Gasteiger partial charge in [0.2, 0.25) is 0 Å². The Balaban J connectivity index is 1.80. The molecule has 1 aliphatic rings. The average molecular weight is 209 g/mol. The Morgan fingerprint density at radius 2 is 2.47 bits per heavy atom. The van der Waals surface area contributed by atoms with Crippen LogP contribution in [0.5, 0.6) is 5.75 Å². The maximum atomic E-state index is 5.60. The van der Waals surface area contributed by atoms with Gasteiger partial charge in [0.25, 0.3) is 0 Å². The molecule has 0 aliphatic carbocycles. The summed E-state index contributed by atoms with van der Waals surface area (Å²) in [5.41, 5.74) is 0. The Morgan fingerprint density at radius 1 is 1.60 bits per heavy atom. The third-order valence-electron chi connectivity index (χ3n) is 2.14. The van der Waals surface area contributed by atoms with E-state index in [2.05, 4.69) is 4.98 Å². The lowest BCUT2D eigenvalue weighted by atomic mass is 10.4. The molecule has 2 rings (SSSR count). The molecule has 1 aromatic rings. The van der Waals surface area contributed by atoms with Gasteiger partial charge in [0.15, 0.2) is 5.79 Å². The molecule has 2 heterocycles. The molecule has 4 heteroatoms. The molecule has 1 aliphatic heterocycles. The molecule has 82 valence electrons. The van der Waals surface area contributed by atoms with Gasteiger partial charge in [0, 0.05) is 6.20 Å². The summed E-state index contributed by atoms with van der Waals surface area (Å²) < 4.78 is 16.5. The Bertz CT molecular complexity index is 313. The van der Waals surface area contributed by atoms with Crippen LogP contribution >= 0.6 is 0 Å². The van der Waals surface area contributed by atoms with Crippen molar-refractivity contribution in [3.8, 4) is 5.75 Å². The molecule has 0 saturated carbocycles. The highest BCUT2D eigenvalue weighted by Gasteiger charge is 2.32. The van der Waals surface area contributed by atoms with Crippen molar-refractivity contribution in [2.45, 2.75) is 25.7 Å². The quantitative estimate of drug-likeness (QED) is 0.758. The molecule has 0 radical (unpaired) electrons. The predicted molar refractivity (Wildman–Crippen MR) is 54.6 cm³/mol. The molecule has 0 unspecified atom stereocenters. The van der Waals surface area contributed by atoms with E-state index < -0.39 is 5.79 Å². The summed E-state index contributed by atoms with van der Waals surface area (Å²) in [5.74, 6) is 0.272. The Morgan fingerprint density at radius 3 is 3.07 bits per heavy atom. The van der Waals surface area contributed by atoms with Gasteiger partial charge in [-0.15, -0.1) is 0 Å². The molecule has 0 amide bonds. The van der Waals surface area contributed by atoms with Crippen molar-refractivity contribution in [2.24, 2.45) is 0 Å². The van der Waals surface area contributed by atoms with Gasteiger partial charge >= 0.3 is 0 Å². The lowest BCUT2D eigenvalue weighted by Crippen LogP contribution is -2.25. The van der Waals surface area contributed by atoms with Crippen LogP contribution in [0, 0.1) is 0 Å². The topological polar surface area (TPSA) is 40.6 Å². The summed E-state index contributed by atoms with van der Waals surface area (Å²) in [7, 11) is 0. The standard InChI is InChI=1S/C11H15NO3/c1-11(2)14-8-10(15-11)7-13-9-4-3-5-12-6-9/h3-6,10H,7-8H2,1-2H3/t10-/m0/s1. The zero-order chi connectivity index (χ0) is 10.7. The highest BCUT2D eigenvalue weighted by atomic mass is 16.7. The van der Waals surface area contributed by atoms with Crippen LogP contribution in [0.3, 0.4) is 0 Å². The van der Waals surface area contributed by atoms with Gasteiger partial charge < -0.3 is 14.2 Å². The van der Waals surface area contributed by atoms with Crippen LogP contribution in [0.15, 0.2) is 24.5 Å². The molecular weight excluding hydrogens is 194 g/mol. The van der Waals surface area contributed by atoms with E-state index in [4.69, 9.17) is 14.2 Å². The number of nitrogens with zero attached hydrogens (tertiary/aromatic N) is 1. The molecule has 0 aromatic carbocycles. The Hall–Kier alpha value is -1.13. The number of pyridine rings is 1. The van der Waals surface area contributed by atoms with Gasteiger partial charge in [-0.2, -0.15) is 0 Å². The fraction of sp³-hybridized carbons (Fsp3) is 0.545. The van der Waals surface area contributed by atoms with Crippen LogP contribution in [0.2, 0.25) is 0 Å². The Kier molecular flexibility index (Phi) is 2.88. The minimum absolute atomic E-state index is 0.000191. The maximum absolute atomic E-state index is 5.60. The highest BCUT2D eigenvalue weighted by molar-refractivity contribution is 5.15. The van der Waals surface area contributed by atoms with E-state index in [1.807, 2.05) is 26.0 Å². The maximum Gasteiger partial charge on any atom is 0.163 e. The van der Waals surface area contributed by atoms with E-state index in [0.717, 1.165) is 5.75 Å². The van der Waals surface area contributed by atoms with Gasteiger partial charge in [-0.25, -0.2) is 0 Å². The van der Waals surface area contributed by atoms with Crippen molar-refractivity contribution in [1.82, 2.24) is 4.98 Å². The fourth-order valence-corrected chi connectivity index (χ4v) is 1.47. The second-order valence-electron chi connectivity index (χ2n) is 3.95. The molecule has 4 nitrogen and oxygen atoms in total. The van der Waals surface area contributed by atoms with E-state index in [9.17, 15) is 0 Å². The molecule has 1 aromatic heterocycles. The van der Waals surface area contributed by atoms with E-state index >= 15 is 0 Å².